The maximum absolute atomic E-state index is 4.40. The maximum Gasteiger partial charge on any atom is 0.154 e. The molecule has 0 saturated carbocycles. The van der Waals surface area contributed by atoms with Crippen molar-refractivity contribution in [2.45, 2.75) is 52.1 Å². The number of piperidine rings is 1. The minimum Gasteiger partial charge on any atom is -0.302 e. The molecule has 2 unspecified atom stereocenters. The zero-order chi connectivity index (χ0) is 12.4. The fraction of sp³-hybridized carbons (Fsp3) is 0.615. The highest BCUT2D eigenvalue weighted by Gasteiger charge is 2.25. The molecule has 0 radical (unpaired) electrons. The summed E-state index contributed by atoms with van der Waals surface area (Å²) in [6.07, 6.45) is 5.67. The lowest BCUT2D eigenvalue weighted by Crippen LogP contribution is -2.47. The summed E-state index contributed by atoms with van der Waals surface area (Å²) >= 11 is 3.60. The summed E-state index contributed by atoms with van der Waals surface area (Å²) < 4.78 is 1.06. The van der Waals surface area contributed by atoms with E-state index in [1.165, 1.54) is 24.8 Å². The topological polar surface area (TPSA) is 28.2 Å². The first-order valence-electron chi connectivity index (χ1n) is 6.25. The molecule has 0 spiro atoms. The van der Waals surface area contributed by atoms with E-state index in [-0.39, 0.29) is 0 Å². The van der Waals surface area contributed by atoms with Crippen molar-refractivity contribution in [1.82, 2.24) is 9.99 Å². The summed E-state index contributed by atoms with van der Waals surface area (Å²) in [6.45, 7) is 6.62. The highest BCUT2D eigenvalue weighted by atomic mass is 79.9. The molecule has 0 amide bonds. The predicted molar refractivity (Wildman–Crippen MR) is 74.9 cm³/mol. The average Bonchev–Trinajstić information content (AvgIpc) is 2.29. The van der Waals surface area contributed by atoms with Gasteiger partial charge in [-0.3, -0.25) is 0 Å². The second-order valence-electron chi connectivity index (χ2n) is 4.94. The van der Waals surface area contributed by atoms with Crippen LogP contribution in [-0.4, -0.2) is 22.1 Å². The van der Waals surface area contributed by atoms with Crippen LogP contribution < -0.4 is 5.43 Å². The van der Waals surface area contributed by atoms with E-state index in [4.69, 9.17) is 0 Å². The Morgan fingerprint density at radius 1 is 1.35 bits per heavy atom. The van der Waals surface area contributed by atoms with Crippen LogP contribution in [0.25, 0.3) is 0 Å². The molecule has 4 heteroatoms. The molecule has 1 aromatic heterocycles. The molecule has 2 heterocycles. The van der Waals surface area contributed by atoms with Gasteiger partial charge >= 0.3 is 0 Å². The minimum absolute atomic E-state index is 0.563. The number of nitrogens with zero attached hydrogens (tertiary/aromatic N) is 2. The number of aryl methyl sites for hydroxylation is 1. The fourth-order valence-corrected chi connectivity index (χ4v) is 2.71. The number of nitrogens with one attached hydrogen (secondary N) is 1. The van der Waals surface area contributed by atoms with Crippen LogP contribution in [0.2, 0.25) is 0 Å². The SMILES string of the molecule is Cc1ccnc(NN2C(C)CCCC2C)c1Br. The zero-order valence-corrected chi connectivity index (χ0v) is 12.3. The summed E-state index contributed by atoms with van der Waals surface area (Å²) in [5.74, 6) is 0.922. The molecule has 1 N–H and O–H groups in total. The summed E-state index contributed by atoms with van der Waals surface area (Å²) in [6, 6.07) is 3.14. The molecule has 2 atom stereocenters. The molecule has 0 aromatic carbocycles. The van der Waals surface area contributed by atoms with Gasteiger partial charge in [0.15, 0.2) is 5.82 Å². The number of hydrogen-bond donors (Lipinski definition) is 1. The number of pyridine rings is 1. The fourth-order valence-electron chi connectivity index (χ4n) is 2.38. The van der Waals surface area contributed by atoms with Crippen molar-refractivity contribution in [2.75, 3.05) is 5.43 Å². The average molecular weight is 298 g/mol. The Hall–Kier alpha value is -0.610. The zero-order valence-electron chi connectivity index (χ0n) is 10.7. The maximum atomic E-state index is 4.40. The van der Waals surface area contributed by atoms with E-state index in [2.05, 4.69) is 52.1 Å². The van der Waals surface area contributed by atoms with Crippen molar-refractivity contribution in [3.05, 3.63) is 22.3 Å². The van der Waals surface area contributed by atoms with Crippen LogP contribution >= 0.6 is 15.9 Å². The highest BCUT2D eigenvalue weighted by Crippen LogP contribution is 2.27. The summed E-state index contributed by atoms with van der Waals surface area (Å²) in [5.41, 5.74) is 4.67. The monoisotopic (exact) mass is 297 g/mol. The molecule has 17 heavy (non-hydrogen) atoms. The van der Waals surface area contributed by atoms with Crippen LogP contribution in [0.5, 0.6) is 0 Å². The molecule has 1 aromatic rings. The molecule has 1 fully saturated rings. The minimum atomic E-state index is 0.563. The van der Waals surface area contributed by atoms with Crippen molar-refractivity contribution in [1.29, 1.82) is 0 Å². The first kappa shape index (κ1) is 12.8. The van der Waals surface area contributed by atoms with Gasteiger partial charge in [0.25, 0.3) is 0 Å². The molecular weight excluding hydrogens is 278 g/mol. The van der Waals surface area contributed by atoms with E-state index >= 15 is 0 Å². The van der Waals surface area contributed by atoms with E-state index in [0.29, 0.717) is 12.1 Å². The molecule has 1 aliphatic rings. The van der Waals surface area contributed by atoms with Gasteiger partial charge in [0.2, 0.25) is 0 Å². The quantitative estimate of drug-likeness (QED) is 0.901. The van der Waals surface area contributed by atoms with E-state index < -0.39 is 0 Å². The normalized spacial score (nSPS) is 25.9. The lowest BCUT2D eigenvalue weighted by atomic mass is 10.00. The number of hydrazine groups is 1. The molecule has 1 aliphatic heterocycles. The van der Waals surface area contributed by atoms with Gasteiger partial charge in [0.1, 0.15) is 0 Å². The first-order chi connectivity index (χ1) is 8.09. The van der Waals surface area contributed by atoms with E-state index in [1.807, 2.05) is 12.3 Å². The lowest BCUT2D eigenvalue weighted by Gasteiger charge is -2.39. The Labute approximate surface area is 112 Å². The molecule has 2 rings (SSSR count). The Balaban J connectivity index is 2.16. The van der Waals surface area contributed by atoms with Gasteiger partial charge in [-0.1, -0.05) is 6.42 Å². The molecular formula is C13H20BrN3. The van der Waals surface area contributed by atoms with Gasteiger partial charge in [-0.15, -0.1) is 0 Å². The smallest absolute Gasteiger partial charge is 0.154 e. The first-order valence-corrected chi connectivity index (χ1v) is 7.05. The van der Waals surface area contributed by atoms with Gasteiger partial charge in [-0.05, 0) is 61.2 Å². The molecule has 3 nitrogen and oxygen atoms in total. The van der Waals surface area contributed by atoms with Crippen molar-refractivity contribution in [2.24, 2.45) is 0 Å². The second-order valence-corrected chi connectivity index (χ2v) is 5.73. The van der Waals surface area contributed by atoms with E-state index in [9.17, 15) is 0 Å². The third-order valence-electron chi connectivity index (χ3n) is 3.51. The lowest BCUT2D eigenvalue weighted by molar-refractivity contribution is 0.135. The van der Waals surface area contributed by atoms with Crippen LogP contribution in [0.4, 0.5) is 5.82 Å². The summed E-state index contributed by atoms with van der Waals surface area (Å²) in [7, 11) is 0. The van der Waals surface area contributed by atoms with Crippen LogP contribution in [0, 0.1) is 6.92 Å². The van der Waals surface area contributed by atoms with Crippen LogP contribution in [-0.2, 0) is 0 Å². The van der Waals surface area contributed by atoms with Crippen LogP contribution in [0.1, 0.15) is 38.7 Å². The van der Waals surface area contributed by atoms with Crippen molar-refractivity contribution >= 4 is 21.7 Å². The van der Waals surface area contributed by atoms with Gasteiger partial charge < -0.3 is 5.43 Å². The predicted octanol–water partition coefficient (Wildman–Crippen LogP) is 3.74. The van der Waals surface area contributed by atoms with Gasteiger partial charge in [0.05, 0.1) is 4.47 Å². The van der Waals surface area contributed by atoms with E-state index in [1.54, 1.807) is 0 Å². The number of hydrogen-bond acceptors (Lipinski definition) is 3. The van der Waals surface area contributed by atoms with Gasteiger partial charge in [-0.25, -0.2) is 9.99 Å². The Kier molecular flexibility index (Phi) is 4.05. The number of anilines is 1. The summed E-state index contributed by atoms with van der Waals surface area (Å²) in [5, 5.41) is 2.33. The second kappa shape index (κ2) is 5.36. The molecule has 1 saturated heterocycles. The van der Waals surface area contributed by atoms with Crippen LogP contribution in [0.3, 0.4) is 0 Å². The van der Waals surface area contributed by atoms with Crippen molar-refractivity contribution < 1.29 is 0 Å². The third kappa shape index (κ3) is 2.80. The van der Waals surface area contributed by atoms with Crippen molar-refractivity contribution in [3.63, 3.8) is 0 Å². The highest BCUT2D eigenvalue weighted by molar-refractivity contribution is 9.10. The molecule has 0 aliphatic carbocycles. The number of halogens is 1. The van der Waals surface area contributed by atoms with Gasteiger partial charge in [0, 0.05) is 18.3 Å². The van der Waals surface area contributed by atoms with Crippen LogP contribution in [0.15, 0.2) is 16.7 Å². The Bertz CT molecular complexity index is 384. The Morgan fingerprint density at radius 3 is 2.65 bits per heavy atom. The van der Waals surface area contributed by atoms with Crippen molar-refractivity contribution in [3.8, 4) is 0 Å². The van der Waals surface area contributed by atoms with E-state index in [0.717, 1.165) is 10.3 Å². The van der Waals surface area contributed by atoms with Gasteiger partial charge in [-0.2, -0.15) is 0 Å². The largest absolute Gasteiger partial charge is 0.302 e. The third-order valence-corrected chi connectivity index (χ3v) is 4.51. The Morgan fingerprint density at radius 2 is 2.00 bits per heavy atom. The molecule has 94 valence electrons. The molecule has 0 bridgehead atoms. The summed E-state index contributed by atoms with van der Waals surface area (Å²) in [4.78, 5) is 4.40. The number of aromatic nitrogens is 1. The number of rotatable bonds is 2. The standard InChI is InChI=1S/C13H20BrN3/c1-9-7-8-15-13(12(9)14)16-17-10(2)5-4-6-11(17)3/h7-8,10-11H,4-6H2,1-3H3,(H,15,16).